The van der Waals surface area contributed by atoms with E-state index in [9.17, 15) is 9.59 Å². The summed E-state index contributed by atoms with van der Waals surface area (Å²) in [5.41, 5.74) is -0.814. The van der Waals surface area contributed by atoms with Gasteiger partial charge in [-0.2, -0.15) is 0 Å². The van der Waals surface area contributed by atoms with Gasteiger partial charge >= 0.3 is 5.97 Å². The summed E-state index contributed by atoms with van der Waals surface area (Å²) in [6.45, 7) is 0. The zero-order chi connectivity index (χ0) is 9.42. The van der Waals surface area contributed by atoms with Gasteiger partial charge < -0.3 is 14.5 Å². The predicted octanol–water partition coefficient (Wildman–Crippen LogP) is 0.214. The molecule has 0 atom stereocenters. The fraction of sp³-hybridized carbons (Fsp3) is 0. The van der Waals surface area contributed by atoms with Gasteiger partial charge in [-0.25, -0.2) is 9.78 Å². The largest absolute Gasteiger partial charge is 0.477 e. The molecule has 0 fully saturated rings. The molecule has 0 saturated heterocycles. The molecule has 0 aliphatic carbocycles. The highest BCUT2D eigenvalue weighted by molar-refractivity contribution is 5.90. The van der Waals surface area contributed by atoms with Gasteiger partial charge in [0.15, 0.2) is 11.9 Å². The summed E-state index contributed by atoms with van der Waals surface area (Å²) >= 11 is 0. The summed E-state index contributed by atoms with van der Waals surface area (Å²) < 4.78 is 4.77. The number of nitrogens with one attached hydrogen (secondary N) is 1. The molecule has 2 N–H and O–H groups in total. The number of H-pyrrole nitrogens is 1. The third kappa shape index (κ3) is 0.994. The molecule has 0 amide bonds. The highest BCUT2D eigenvalue weighted by Crippen LogP contribution is 2.04. The van der Waals surface area contributed by atoms with Crippen LogP contribution in [0.5, 0.6) is 0 Å². The van der Waals surface area contributed by atoms with Crippen molar-refractivity contribution in [3.05, 3.63) is 28.4 Å². The lowest BCUT2D eigenvalue weighted by molar-refractivity contribution is 0.0695. The third-order valence-electron chi connectivity index (χ3n) is 1.61. The maximum Gasteiger partial charge on any atom is 0.341 e. The average molecular weight is 180 g/mol. The average Bonchev–Trinajstić information content (AvgIpc) is 2.52. The second-order valence-electron chi connectivity index (χ2n) is 2.37. The number of rotatable bonds is 1. The minimum atomic E-state index is -1.29. The van der Waals surface area contributed by atoms with E-state index in [-0.39, 0.29) is 16.8 Å². The summed E-state index contributed by atoms with van der Waals surface area (Å²) in [6, 6.07) is 0. The van der Waals surface area contributed by atoms with Crippen molar-refractivity contribution in [1.29, 1.82) is 0 Å². The fourth-order valence-electron chi connectivity index (χ4n) is 1.00. The maximum atomic E-state index is 11.3. The summed E-state index contributed by atoms with van der Waals surface area (Å²) in [5.74, 6) is -1.29. The standard InChI is InChI=1S/C7H4N2O4/c10-5-3(7(11)12)1-8-6-4(5)9-2-13-6/h1-2H,(H,8,10)(H,11,12). The van der Waals surface area contributed by atoms with Crippen LogP contribution in [0.3, 0.4) is 0 Å². The topological polar surface area (TPSA) is 96.2 Å². The number of nitrogens with zero attached hydrogens (tertiary/aromatic N) is 1. The van der Waals surface area contributed by atoms with Gasteiger partial charge in [0, 0.05) is 6.20 Å². The van der Waals surface area contributed by atoms with Crippen LogP contribution in [-0.2, 0) is 0 Å². The Labute approximate surface area is 70.8 Å². The number of carbonyl (C=O) groups is 1. The molecular weight excluding hydrogens is 176 g/mol. The molecule has 0 radical (unpaired) electrons. The molecule has 6 nitrogen and oxygen atoms in total. The molecule has 0 aliphatic heterocycles. The number of fused-ring (bicyclic) bond motifs is 1. The Morgan fingerprint density at radius 3 is 3.08 bits per heavy atom. The lowest BCUT2D eigenvalue weighted by atomic mass is 10.2. The number of oxazole rings is 1. The summed E-state index contributed by atoms with van der Waals surface area (Å²) in [5, 5.41) is 8.58. The molecule has 13 heavy (non-hydrogen) atoms. The van der Waals surface area contributed by atoms with E-state index in [1.807, 2.05) is 0 Å². The van der Waals surface area contributed by atoms with E-state index >= 15 is 0 Å². The van der Waals surface area contributed by atoms with E-state index in [0.29, 0.717) is 0 Å². The molecule has 0 aromatic carbocycles. The number of aromatic amines is 1. The van der Waals surface area contributed by atoms with Crippen LogP contribution in [0.4, 0.5) is 0 Å². The first-order valence-corrected chi connectivity index (χ1v) is 3.38. The van der Waals surface area contributed by atoms with Crippen molar-refractivity contribution >= 4 is 17.2 Å². The number of hydrogen-bond donors (Lipinski definition) is 2. The van der Waals surface area contributed by atoms with Gasteiger partial charge in [-0.05, 0) is 0 Å². The summed E-state index contributed by atoms with van der Waals surface area (Å²) in [7, 11) is 0. The van der Waals surface area contributed by atoms with Gasteiger partial charge in [-0.15, -0.1) is 0 Å². The molecule has 0 bridgehead atoms. The van der Waals surface area contributed by atoms with E-state index in [4.69, 9.17) is 9.52 Å². The maximum absolute atomic E-state index is 11.3. The quantitative estimate of drug-likeness (QED) is 0.654. The first-order valence-electron chi connectivity index (χ1n) is 3.38. The van der Waals surface area contributed by atoms with Gasteiger partial charge in [0.25, 0.3) is 0 Å². The van der Waals surface area contributed by atoms with E-state index in [0.717, 1.165) is 12.6 Å². The SMILES string of the molecule is O=C(O)c1c[nH]c2ocnc2c1=O. The molecule has 2 aromatic heterocycles. The van der Waals surface area contributed by atoms with Crippen LogP contribution in [-0.4, -0.2) is 21.0 Å². The van der Waals surface area contributed by atoms with Gasteiger partial charge in [0.1, 0.15) is 5.56 Å². The molecule has 0 unspecified atom stereocenters. The van der Waals surface area contributed by atoms with Crippen molar-refractivity contribution in [2.75, 3.05) is 0 Å². The smallest absolute Gasteiger partial charge is 0.341 e. The first-order chi connectivity index (χ1) is 6.20. The predicted molar refractivity (Wildman–Crippen MR) is 41.6 cm³/mol. The molecule has 66 valence electrons. The zero-order valence-electron chi connectivity index (χ0n) is 6.27. The van der Waals surface area contributed by atoms with E-state index in [1.54, 1.807) is 0 Å². The number of aromatic nitrogens is 2. The number of pyridine rings is 1. The van der Waals surface area contributed by atoms with Gasteiger partial charge in [-0.3, -0.25) is 4.79 Å². The van der Waals surface area contributed by atoms with Gasteiger partial charge in [-0.1, -0.05) is 0 Å². The molecule has 6 heteroatoms. The molecule has 2 rings (SSSR count). The van der Waals surface area contributed by atoms with Crippen molar-refractivity contribution in [1.82, 2.24) is 9.97 Å². The van der Waals surface area contributed by atoms with Crippen molar-refractivity contribution in [3.8, 4) is 0 Å². The molecule has 2 aromatic rings. The van der Waals surface area contributed by atoms with Gasteiger partial charge in [0.05, 0.1) is 0 Å². The van der Waals surface area contributed by atoms with Crippen LogP contribution < -0.4 is 5.43 Å². The highest BCUT2D eigenvalue weighted by Gasteiger charge is 2.13. The molecule has 2 heterocycles. The minimum absolute atomic E-state index is 0.0000926. The Morgan fingerprint density at radius 2 is 2.38 bits per heavy atom. The second kappa shape index (κ2) is 2.44. The number of carboxylic acid groups (broad SMARTS) is 1. The summed E-state index contributed by atoms with van der Waals surface area (Å²) in [6.07, 6.45) is 2.16. The van der Waals surface area contributed by atoms with Crippen LogP contribution in [0.25, 0.3) is 11.2 Å². The van der Waals surface area contributed by atoms with Crippen LogP contribution in [0.15, 0.2) is 21.8 Å². The van der Waals surface area contributed by atoms with E-state index < -0.39 is 11.4 Å². The lowest BCUT2D eigenvalue weighted by Gasteiger charge is -1.91. The van der Waals surface area contributed by atoms with E-state index in [1.165, 1.54) is 0 Å². The Morgan fingerprint density at radius 1 is 1.62 bits per heavy atom. The molecule has 0 spiro atoms. The zero-order valence-corrected chi connectivity index (χ0v) is 6.27. The van der Waals surface area contributed by atoms with E-state index in [2.05, 4.69) is 9.97 Å². The summed E-state index contributed by atoms with van der Waals surface area (Å²) in [4.78, 5) is 27.9. The normalized spacial score (nSPS) is 10.5. The Hall–Kier alpha value is -2.11. The second-order valence-corrected chi connectivity index (χ2v) is 2.37. The Bertz CT molecular complexity index is 525. The molecule has 0 aliphatic rings. The monoisotopic (exact) mass is 180 g/mol. The minimum Gasteiger partial charge on any atom is -0.477 e. The number of aromatic carboxylic acids is 1. The van der Waals surface area contributed by atoms with Crippen molar-refractivity contribution in [2.24, 2.45) is 0 Å². The molecule has 0 saturated carbocycles. The third-order valence-corrected chi connectivity index (χ3v) is 1.61. The fourth-order valence-corrected chi connectivity index (χ4v) is 1.00. The number of hydrogen-bond acceptors (Lipinski definition) is 4. The molecular formula is C7H4N2O4. The van der Waals surface area contributed by atoms with Crippen LogP contribution in [0.1, 0.15) is 10.4 Å². The highest BCUT2D eigenvalue weighted by atomic mass is 16.4. The van der Waals surface area contributed by atoms with Crippen LogP contribution >= 0.6 is 0 Å². The first kappa shape index (κ1) is 7.53. The van der Waals surface area contributed by atoms with Crippen molar-refractivity contribution in [2.45, 2.75) is 0 Å². The van der Waals surface area contributed by atoms with Gasteiger partial charge in [0.2, 0.25) is 11.1 Å². The van der Waals surface area contributed by atoms with Crippen molar-refractivity contribution < 1.29 is 14.3 Å². The van der Waals surface area contributed by atoms with Crippen LogP contribution in [0.2, 0.25) is 0 Å². The Balaban J connectivity index is 2.89. The van der Waals surface area contributed by atoms with Crippen molar-refractivity contribution in [3.63, 3.8) is 0 Å². The Kier molecular flexibility index (Phi) is 1.42. The number of carboxylic acids is 1. The lowest BCUT2D eigenvalue weighted by Crippen LogP contribution is -2.15. The van der Waals surface area contributed by atoms with Crippen LogP contribution in [0, 0.1) is 0 Å².